The van der Waals surface area contributed by atoms with Crippen LogP contribution in [0.5, 0.6) is 5.75 Å². The summed E-state index contributed by atoms with van der Waals surface area (Å²) >= 11 is 0. The summed E-state index contributed by atoms with van der Waals surface area (Å²) in [6.45, 7) is 3.11. The number of fused-ring (bicyclic) bond motifs is 1. The quantitative estimate of drug-likeness (QED) is 0.851. The summed E-state index contributed by atoms with van der Waals surface area (Å²) in [7, 11) is 1.80. The summed E-state index contributed by atoms with van der Waals surface area (Å²) in [5.41, 5.74) is 1.56. The Morgan fingerprint density at radius 2 is 2.15 bits per heavy atom. The van der Waals surface area contributed by atoms with E-state index in [0.717, 1.165) is 18.5 Å². The molecule has 3 heterocycles. The normalized spacial score (nSPS) is 21.8. The SMILES string of the molecule is CCCc1cc(C(=O)N2CCC3(CC(=O)c4ccccc4O3)C2)n(C)n1. The van der Waals surface area contributed by atoms with Crippen LogP contribution >= 0.6 is 0 Å². The van der Waals surface area contributed by atoms with E-state index in [1.165, 1.54) is 0 Å². The van der Waals surface area contributed by atoms with Gasteiger partial charge in [0.1, 0.15) is 17.0 Å². The maximum Gasteiger partial charge on any atom is 0.272 e. The highest BCUT2D eigenvalue weighted by Crippen LogP contribution is 2.38. The first-order chi connectivity index (χ1) is 12.5. The van der Waals surface area contributed by atoms with Crippen molar-refractivity contribution in [2.75, 3.05) is 13.1 Å². The van der Waals surface area contributed by atoms with Gasteiger partial charge in [-0.05, 0) is 24.6 Å². The molecule has 26 heavy (non-hydrogen) atoms. The molecular weight excluding hydrogens is 330 g/mol. The number of hydrogen-bond acceptors (Lipinski definition) is 4. The zero-order valence-electron chi connectivity index (χ0n) is 15.2. The zero-order valence-corrected chi connectivity index (χ0v) is 15.2. The third-order valence-electron chi connectivity index (χ3n) is 5.26. The third-order valence-corrected chi connectivity index (χ3v) is 5.26. The van der Waals surface area contributed by atoms with Crippen LogP contribution in [0.15, 0.2) is 30.3 Å². The molecule has 6 heteroatoms. The van der Waals surface area contributed by atoms with Crippen LogP contribution in [0.2, 0.25) is 0 Å². The van der Waals surface area contributed by atoms with Gasteiger partial charge in [-0.15, -0.1) is 0 Å². The molecule has 1 unspecified atom stereocenters. The number of benzene rings is 1. The Kier molecular flexibility index (Phi) is 4.05. The highest BCUT2D eigenvalue weighted by atomic mass is 16.5. The molecule has 1 saturated heterocycles. The predicted molar refractivity (Wildman–Crippen MR) is 96.5 cm³/mol. The molecule has 2 aliphatic heterocycles. The van der Waals surface area contributed by atoms with Crippen LogP contribution < -0.4 is 4.74 Å². The van der Waals surface area contributed by atoms with Gasteiger partial charge in [0.25, 0.3) is 5.91 Å². The molecule has 1 spiro atoms. The topological polar surface area (TPSA) is 64.4 Å². The number of likely N-dealkylation sites (tertiary alicyclic amines) is 1. The Morgan fingerprint density at radius 3 is 2.96 bits per heavy atom. The minimum Gasteiger partial charge on any atom is -0.484 e. The number of ketones is 1. The molecule has 0 N–H and O–H groups in total. The van der Waals surface area contributed by atoms with Crippen molar-refractivity contribution in [1.82, 2.24) is 14.7 Å². The number of carbonyl (C=O) groups excluding carboxylic acids is 2. The maximum absolute atomic E-state index is 13.0. The second-order valence-electron chi connectivity index (χ2n) is 7.25. The standard InChI is InChI=1S/C20H23N3O3/c1-3-6-14-11-16(22(2)21-14)19(25)23-10-9-20(13-23)12-17(24)15-7-4-5-8-18(15)26-20/h4-5,7-8,11H,3,6,9-10,12-13H2,1-2H3. The van der Waals surface area contributed by atoms with Crippen molar-refractivity contribution in [3.8, 4) is 5.75 Å². The largest absolute Gasteiger partial charge is 0.484 e. The lowest BCUT2D eigenvalue weighted by molar-refractivity contribution is 0.0426. The van der Waals surface area contributed by atoms with Crippen molar-refractivity contribution in [3.05, 3.63) is 47.3 Å². The molecule has 2 aromatic rings. The average molecular weight is 353 g/mol. The first-order valence-corrected chi connectivity index (χ1v) is 9.15. The van der Waals surface area contributed by atoms with E-state index in [1.807, 2.05) is 24.3 Å². The minimum atomic E-state index is -0.605. The number of aromatic nitrogens is 2. The Labute approximate surface area is 152 Å². The molecule has 1 fully saturated rings. The number of ether oxygens (including phenoxy) is 1. The molecule has 4 rings (SSSR count). The van der Waals surface area contributed by atoms with Crippen molar-refractivity contribution in [1.29, 1.82) is 0 Å². The third kappa shape index (κ3) is 2.79. The number of nitrogens with zero attached hydrogens (tertiary/aromatic N) is 3. The zero-order chi connectivity index (χ0) is 18.3. The molecule has 1 aromatic carbocycles. The fourth-order valence-corrected chi connectivity index (χ4v) is 3.96. The Bertz CT molecular complexity index is 873. The lowest BCUT2D eigenvalue weighted by Crippen LogP contribution is -2.45. The second kappa shape index (κ2) is 6.27. The van der Waals surface area contributed by atoms with Gasteiger partial charge in [-0.2, -0.15) is 5.10 Å². The van der Waals surface area contributed by atoms with Gasteiger partial charge in [-0.25, -0.2) is 0 Å². The fourth-order valence-electron chi connectivity index (χ4n) is 3.96. The molecule has 6 nitrogen and oxygen atoms in total. The Morgan fingerprint density at radius 1 is 1.35 bits per heavy atom. The lowest BCUT2D eigenvalue weighted by atomic mass is 9.89. The van der Waals surface area contributed by atoms with E-state index >= 15 is 0 Å². The number of aryl methyl sites for hydroxylation is 2. The van der Waals surface area contributed by atoms with Gasteiger partial charge in [0.2, 0.25) is 0 Å². The van der Waals surface area contributed by atoms with E-state index in [9.17, 15) is 9.59 Å². The van der Waals surface area contributed by atoms with Gasteiger partial charge in [0, 0.05) is 20.0 Å². The van der Waals surface area contributed by atoms with Gasteiger partial charge in [-0.1, -0.05) is 25.5 Å². The molecule has 0 radical (unpaired) electrons. The van der Waals surface area contributed by atoms with Crippen LogP contribution in [0.3, 0.4) is 0 Å². The summed E-state index contributed by atoms with van der Waals surface area (Å²) in [6.07, 6.45) is 2.84. The summed E-state index contributed by atoms with van der Waals surface area (Å²) < 4.78 is 7.86. The summed E-state index contributed by atoms with van der Waals surface area (Å²) in [6, 6.07) is 9.22. The monoisotopic (exact) mass is 353 g/mol. The van der Waals surface area contributed by atoms with Gasteiger partial charge >= 0.3 is 0 Å². The molecule has 1 atom stereocenters. The van der Waals surface area contributed by atoms with Crippen molar-refractivity contribution in [3.63, 3.8) is 0 Å². The fraction of sp³-hybridized carbons (Fsp3) is 0.450. The van der Waals surface area contributed by atoms with E-state index in [4.69, 9.17) is 4.74 Å². The molecule has 0 aliphatic carbocycles. The van der Waals surface area contributed by atoms with Crippen LogP contribution in [0.25, 0.3) is 0 Å². The average Bonchev–Trinajstić information content (AvgIpc) is 3.18. The summed E-state index contributed by atoms with van der Waals surface area (Å²) in [5, 5.41) is 4.42. The number of Topliss-reactive ketones (excluding diaryl/α,β-unsaturated/α-hetero) is 1. The first kappa shape index (κ1) is 16.8. The van der Waals surface area contributed by atoms with Crippen molar-refractivity contribution >= 4 is 11.7 Å². The summed E-state index contributed by atoms with van der Waals surface area (Å²) in [5.74, 6) is 0.671. The van der Waals surface area contributed by atoms with Crippen LogP contribution in [-0.2, 0) is 13.5 Å². The number of rotatable bonds is 3. The number of amides is 1. The number of carbonyl (C=O) groups is 2. The predicted octanol–water partition coefficient (Wildman–Crippen LogP) is 2.62. The molecule has 136 valence electrons. The molecule has 1 aromatic heterocycles. The van der Waals surface area contributed by atoms with Crippen molar-refractivity contribution in [2.45, 2.75) is 38.2 Å². The minimum absolute atomic E-state index is 0.0471. The number of para-hydroxylation sites is 1. The smallest absolute Gasteiger partial charge is 0.272 e. The van der Waals surface area contributed by atoms with Gasteiger partial charge in [0.15, 0.2) is 5.78 Å². The lowest BCUT2D eigenvalue weighted by Gasteiger charge is -2.34. The van der Waals surface area contributed by atoms with E-state index < -0.39 is 5.60 Å². The van der Waals surface area contributed by atoms with Crippen LogP contribution in [0.1, 0.15) is 52.7 Å². The van der Waals surface area contributed by atoms with E-state index in [2.05, 4.69) is 12.0 Å². The van der Waals surface area contributed by atoms with Gasteiger partial charge in [0.05, 0.1) is 24.2 Å². The maximum atomic E-state index is 13.0. The molecule has 2 aliphatic rings. The highest BCUT2D eigenvalue weighted by Gasteiger charge is 2.47. The summed E-state index contributed by atoms with van der Waals surface area (Å²) in [4.78, 5) is 27.3. The van der Waals surface area contributed by atoms with Gasteiger partial charge < -0.3 is 9.64 Å². The molecular formula is C20H23N3O3. The van der Waals surface area contributed by atoms with Crippen LogP contribution in [0, 0.1) is 0 Å². The second-order valence-corrected chi connectivity index (χ2v) is 7.25. The van der Waals surface area contributed by atoms with Crippen LogP contribution in [-0.4, -0.2) is 45.1 Å². The van der Waals surface area contributed by atoms with Crippen LogP contribution in [0.4, 0.5) is 0 Å². The molecule has 0 bridgehead atoms. The van der Waals surface area contributed by atoms with Gasteiger partial charge in [-0.3, -0.25) is 14.3 Å². The van der Waals surface area contributed by atoms with Crippen molar-refractivity contribution in [2.24, 2.45) is 7.05 Å². The molecule has 1 amide bonds. The Hall–Kier alpha value is -2.63. The first-order valence-electron chi connectivity index (χ1n) is 9.15. The van der Waals surface area contributed by atoms with E-state index in [0.29, 0.717) is 42.9 Å². The van der Waals surface area contributed by atoms with E-state index in [1.54, 1.807) is 22.7 Å². The molecule has 0 saturated carbocycles. The Balaban J connectivity index is 1.54. The van der Waals surface area contributed by atoms with Crippen molar-refractivity contribution < 1.29 is 14.3 Å². The van der Waals surface area contributed by atoms with E-state index in [-0.39, 0.29) is 11.7 Å². The number of hydrogen-bond donors (Lipinski definition) is 0. The highest BCUT2D eigenvalue weighted by molar-refractivity contribution is 6.00.